The fourth-order valence-corrected chi connectivity index (χ4v) is 2.81. The minimum atomic E-state index is -0.380. The van der Waals surface area contributed by atoms with Crippen molar-refractivity contribution in [3.05, 3.63) is 36.0 Å². The van der Waals surface area contributed by atoms with Gasteiger partial charge in [0.05, 0.1) is 5.52 Å². The van der Waals surface area contributed by atoms with Crippen LogP contribution in [0.25, 0.3) is 10.9 Å². The third-order valence-corrected chi connectivity index (χ3v) is 3.64. The van der Waals surface area contributed by atoms with Crippen LogP contribution in [0.2, 0.25) is 0 Å². The maximum atomic E-state index is 12.6. The molecule has 0 bridgehead atoms. The molecule has 3 rings (SSSR count). The molecule has 1 aliphatic rings. The molecule has 0 saturated carbocycles. The van der Waals surface area contributed by atoms with E-state index in [1.165, 1.54) is 9.47 Å². The Morgan fingerprint density at radius 3 is 2.61 bits per heavy atom. The molecule has 2 heterocycles. The Bertz CT molecular complexity index is 814. The van der Waals surface area contributed by atoms with Gasteiger partial charge in [-0.25, -0.2) is 0 Å². The van der Waals surface area contributed by atoms with E-state index in [0.717, 1.165) is 10.9 Å². The van der Waals surface area contributed by atoms with Gasteiger partial charge in [0.25, 0.3) is 11.8 Å². The van der Waals surface area contributed by atoms with Crippen LogP contribution in [0.4, 0.5) is 0 Å². The van der Waals surface area contributed by atoms with Crippen LogP contribution < -0.4 is 5.32 Å². The Morgan fingerprint density at radius 1 is 1.22 bits per heavy atom. The van der Waals surface area contributed by atoms with Crippen molar-refractivity contribution >= 4 is 28.6 Å². The van der Waals surface area contributed by atoms with Gasteiger partial charge in [0.2, 0.25) is 5.91 Å². The Morgan fingerprint density at radius 2 is 1.91 bits per heavy atom. The van der Waals surface area contributed by atoms with Gasteiger partial charge in [-0.2, -0.15) is 0 Å². The van der Waals surface area contributed by atoms with E-state index in [4.69, 9.17) is 0 Å². The second-order valence-electron chi connectivity index (χ2n) is 6.78. The zero-order chi connectivity index (χ0) is 16.8. The number of nitrogens with one attached hydrogen (secondary N) is 1. The van der Waals surface area contributed by atoms with E-state index in [0.29, 0.717) is 5.69 Å². The lowest BCUT2D eigenvalue weighted by atomic mass is 10.1. The molecule has 120 valence electrons. The highest BCUT2D eigenvalue weighted by molar-refractivity contribution is 6.10. The molecule has 6 heteroatoms. The van der Waals surface area contributed by atoms with Gasteiger partial charge < -0.3 is 10.2 Å². The Balaban J connectivity index is 1.89. The van der Waals surface area contributed by atoms with Crippen LogP contribution in [-0.2, 0) is 4.79 Å². The van der Waals surface area contributed by atoms with Crippen LogP contribution in [0.1, 0.15) is 36.1 Å². The SMILES string of the molecule is CC(C)(C)NC(=O)CN1CC(=O)n2c(cc3ccccc32)C1=O. The van der Waals surface area contributed by atoms with Crippen molar-refractivity contribution in [2.45, 2.75) is 26.3 Å². The van der Waals surface area contributed by atoms with E-state index < -0.39 is 0 Å². The predicted molar refractivity (Wildman–Crippen MR) is 86.4 cm³/mol. The molecule has 0 atom stereocenters. The van der Waals surface area contributed by atoms with Gasteiger partial charge in [-0.3, -0.25) is 19.0 Å². The van der Waals surface area contributed by atoms with Gasteiger partial charge in [0, 0.05) is 10.9 Å². The molecule has 2 amide bonds. The van der Waals surface area contributed by atoms with Crippen molar-refractivity contribution < 1.29 is 14.4 Å². The highest BCUT2D eigenvalue weighted by Crippen LogP contribution is 2.23. The summed E-state index contributed by atoms with van der Waals surface area (Å²) in [4.78, 5) is 38.4. The molecule has 0 radical (unpaired) electrons. The first-order valence-corrected chi connectivity index (χ1v) is 7.50. The predicted octanol–water partition coefficient (Wildman–Crippen LogP) is 1.65. The van der Waals surface area contributed by atoms with Crippen LogP contribution in [-0.4, -0.2) is 45.8 Å². The van der Waals surface area contributed by atoms with Gasteiger partial charge in [0.15, 0.2) is 0 Å². The first kappa shape index (κ1) is 15.3. The molecule has 1 aromatic carbocycles. The minimum absolute atomic E-state index is 0.0952. The summed E-state index contributed by atoms with van der Waals surface area (Å²) in [6.45, 7) is 5.38. The Kier molecular flexibility index (Phi) is 3.47. The molecule has 0 unspecified atom stereocenters. The molecule has 0 fully saturated rings. The second kappa shape index (κ2) is 5.22. The number of rotatable bonds is 2. The molecule has 0 aliphatic carbocycles. The van der Waals surface area contributed by atoms with E-state index >= 15 is 0 Å². The summed E-state index contributed by atoms with van der Waals surface area (Å²) in [5, 5.41) is 3.64. The van der Waals surface area contributed by atoms with Crippen molar-refractivity contribution in [3.8, 4) is 0 Å². The minimum Gasteiger partial charge on any atom is -0.350 e. The maximum Gasteiger partial charge on any atom is 0.271 e. The summed E-state index contributed by atoms with van der Waals surface area (Å²) in [6.07, 6.45) is 0. The van der Waals surface area contributed by atoms with Crippen molar-refractivity contribution in [3.63, 3.8) is 0 Å². The second-order valence-corrected chi connectivity index (χ2v) is 6.78. The van der Waals surface area contributed by atoms with E-state index in [1.54, 1.807) is 6.07 Å². The smallest absolute Gasteiger partial charge is 0.271 e. The number of benzene rings is 1. The lowest BCUT2D eigenvalue weighted by molar-refractivity contribution is -0.123. The number of aromatic nitrogens is 1. The highest BCUT2D eigenvalue weighted by Gasteiger charge is 2.32. The number of hydrogen-bond acceptors (Lipinski definition) is 3. The summed E-state index contributed by atoms with van der Waals surface area (Å²) < 4.78 is 1.44. The fourth-order valence-electron chi connectivity index (χ4n) is 2.81. The summed E-state index contributed by atoms with van der Waals surface area (Å²) in [5.41, 5.74) is 0.653. The van der Waals surface area contributed by atoms with Gasteiger partial charge in [0.1, 0.15) is 18.8 Å². The van der Waals surface area contributed by atoms with Gasteiger partial charge in [-0.05, 0) is 32.9 Å². The molecule has 6 nitrogen and oxygen atoms in total. The lowest BCUT2D eigenvalue weighted by Gasteiger charge is -2.28. The average Bonchev–Trinajstić information content (AvgIpc) is 2.82. The van der Waals surface area contributed by atoms with E-state index in [-0.39, 0.29) is 36.3 Å². The zero-order valence-electron chi connectivity index (χ0n) is 13.4. The van der Waals surface area contributed by atoms with E-state index in [1.807, 2.05) is 45.0 Å². The number of carbonyl (C=O) groups excluding carboxylic acids is 3. The standard InChI is InChI=1S/C17H19N3O3/c1-17(2,3)18-14(21)9-19-10-15(22)20-12-7-5-4-6-11(12)8-13(20)16(19)23/h4-8H,9-10H2,1-3H3,(H,18,21). The van der Waals surface area contributed by atoms with Gasteiger partial charge in [-0.15, -0.1) is 0 Å². The van der Waals surface area contributed by atoms with Crippen molar-refractivity contribution in [1.82, 2.24) is 14.8 Å². The van der Waals surface area contributed by atoms with Crippen LogP contribution in [0.3, 0.4) is 0 Å². The van der Waals surface area contributed by atoms with E-state index in [9.17, 15) is 14.4 Å². The molecule has 2 aromatic rings. The summed E-state index contributed by atoms with van der Waals surface area (Å²) in [5.74, 6) is -0.780. The first-order chi connectivity index (χ1) is 10.8. The largest absolute Gasteiger partial charge is 0.350 e. The Hall–Kier alpha value is -2.63. The number of amides is 2. The summed E-state index contributed by atoms with van der Waals surface area (Å²) in [6, 6.07) is 9.06. The number of para-hydroxylation sites is 1. The average molecular weight is 313 g/mol. The normalized spacial score (nSPS) is 15.0. The number of fused-ring (bicyclic) bond motifs is 3. The van der Waals surface area contributed by atoms with E-state index in [2.05, 4.69) is 5.32 Å². The van der Waals surface area contributed by atoms with Gasteiger partial charge in [-0.1, -0.05) is 18.2 Å². The summed E-state index contributed by atoms with van der Waals surface area (Å²) in [7, 11) is 0. The molecule has 0 spiro atoms. The van der Waals surface area contributed by atoms with Crippen molar-refractivity contribution in [2.75, 3.05) is 13.1 Å². The highest BCUT2D eigenvalue weighted by atomic mass is 16.2. The summed E-state index contributed by atoms with van der Waals surface area (Å²) >= 11 is 0. The third kappa shape index (κ3) is 2.84. The van der Waals surface area contributed by atoms with Crippen molar-refractivity contribution in [2.24, 2.45) is 0 Å². The monoisotopic (exact) mass is 313 g/mol. The fraction of sp³-hybridized carbons (Fsp3) is 0.353. The van der Waals surface area contributed by atoms with Crippen LogP contribution in [0.15, 0.2) is 30.3 Å². The van der Waals surface area contributed by atoms with Crippen molar-refractivity contribution in [1.29, 1.82) is 0 Å². The quantitative estimate of drug-likeness (QED) is 0.916. The maximum absolute atomic E-state index is 12.6. The van der Waals surface area contributed by atoms with Crippen LogP contribution in [0, 0.1) is 0 Å². The molecule has 1 aromatic heterocycles. The molecular formula is C17H19N3O3. The number of hydrogen-bond donors (Lipinski definition) is 1. The molecule has 1 N–H and O–H groups in total. The molecule has 0 saturated heterocycles. The zero-order valence-corrected chi connectivity index (χ0v) is 13.4. The molecule has 1 aliphatic heterocycles. The lowest BCUT2D eigenvalue weighted by Crippen LogP contribution is -2.51. The van der Waals surface area contributed by atoms with Gasteiger partial charge >= 0.3 is 0 Å². The number of carbonyl (C=O) groups is 3. The topological polar surface area (TPSA) is 71.4 Å². The number of nitrogens with zero attached hydrogens (tertiary/aromatic N) is 2. The molecular weight excluding hydrogens is 294 g/mol. The third-order valence-electron chi connectivity index (χ3n) is 3.64. The first-order valence-electron chi connectivity index (χ1n) is 7.50. The van der Waals surface area contributed by atoms with Crippen LogP contribution in [0.5, 0.6) is 0 Å². The Labute approximate surface area is 134 Å². The molecule has 23 heavy (non-hydrogen) atoms. The van der Waals surface area contributed by atoms with Crippen LogP contribution >= 0.6 is 0 Å².